The first-order chi connectivity index (χ1) is 9.70. The number of aromatic nitrogens is 2. The van der Waals surface area contributed by atoms with E-state index in [4.69, 9.17) is 16.0 Å². The maximum Gasteiger partial charge on any atom is 0.349 e. The summed E-state index contributed by atoms with van der Waals surface area (Å²) in [6.45, 7) is 2.04. The summed E-state index contributed by atoms with van der Waals surface area (Å²) < 4.78 is 9.61. The van der Waals surface area contributed by atoms with E-state index in [0.717, 1.165) is 18.5 Å². The zero-order valence-corrected chi connectivity index (χ0v) is 12.3. The molecule has 102 valence electrons. The molecule has 0 atom stereocenters. The second kappa shape index (κ2) is 5.34. The third kappa shape index (κ3) is 2.23. The number of fused-ring (bicyclic) bond motifs is 1. The van der Waals surface area contributed by atoms with Crippen LogP contribution in [0.25, 0.3) is 21.7 Å². The van der Waals surface area contributed by atoms with E-state index in [1.807, 2.05) is 19.1 Å². The van der Waals surface area contributed by atoms with Crippen LogP contribution in [0.15, 0.2) is 33.5 Å². The van der Waals surface area contributed by atoms with Gasteiger partial charge in [0, 0.05) is 0 Å². The molecule has 0 spiro atoms. The van der Waals surface area contributed by atoms with Crippen molar-refractivity contribution < 1.29 is 4.42 Å². The minimum atomic E-state index is -0.401. The Morgan fingerprint density at radius 1 is 1.35 bits per heavy atom. The second-order valence-corrected chi connectivity index (χ2v) is 5.50. The van der Waals surface area contributed by atoms with E-state index in [2.05, 4.69) is 9.36 Å². The average Bonchev–Trinajstić information content (AvgIpc) is 2.83. The highest BCUT2D eigenvalue weighted by Crippen LogP contribution is 2.28. The summed E-state index contributed by atoms with van der Waals surface area (Å²) in [4.78, 5) is 17.1. The predicted octanol–water partition coefficient (Wildman–Crippen LogP) is 3.92. The van der Waals surface area contributed by atoms with Gasteiger partial charge in [-0.2, -0.15) is 9.36 Å². The van der Waals surface area contributed by atoms with Gasteiger partial charge in [-0.1, -0.05) is 37.1 Å². The van der Waals surface area contributed by atoms with E-state index >= 15 is 0 Å². The lowest BCUT2D eigenvalue weighted by molar-refractivity contribution is 0.518. The second-order valence-electron chi connectivity index (χ2n) is 4.35. The molecule has 3 aromatic rings. The molecule has 4 nitrogen and oxygen atoms in total. The largest absolute Gasteiger partial charge is 0.403 e. The molecule has 0 saturated heterocycles. The van der Waals surface area contributed by atoms with Crippen LogP contribution in [0.2, 0.25) is 5.02 Å². The third-order valence-corrected chi connectivity index (χ3v) is 4.04. The Morgan fingerprint density at radius 3 is 2.90 bits per heavy atom. The number of nitrogens with zero attached hydrogens (tertiary/aromatic N) is 2. The van der Waals surface area contributed by atoms with Crippen LogP contribution in [0.3, 0.4) is 0 Å². The van der Waals surface area contributed by atoms with Crippen molar-refractivity contribution >= 4 is 33.4 Å². The van der Waals surface area contributed by atoms with Gasteiger partial charge in [-0.25, -0.2) is 4.79 Å². The molecule has 0 saturated carbocycles. The number of halogens is 1. The highest BCUT2D eigenvalue weighted by atomic mass is 35.5. The van der Waals surface area contributed by atoms with Crippen molar-refractivity contribution in [2.24, 2.45) is 0 Å². The van der Waals surface area contributed by atoms with Crippen molar-refractivity contribution in [3.05, 3.63) is 45.4 Å². The van der Waals surface area contributed by atoms with Crippen molar-refractivity contribution in [1.82, 2.24) is 9.36 Å². The SMILES string of the molecule is CCCc1nsc2nc(-c3ccccc3Cl)oc(=O)c12. The van der Waals surface area contributed by atoms with Crippen LogP contribution < -0.4 is 5.63 Å². The topological polar surface area (TPSA) is 56.0 Å². The lowest BCUT2D eigenvalue weighted by Crippen LogP contribution is -2.03. The first-order valence-electron chi connectivity index (χ1n) is 6.25. The number of rotatable bonds is 3. The Morgan fingerprint density at radius 2 is 2.15 bits per heavy atom. The number of hydrogen-bond acceptors (Lipinski definition) is 5. The maximum atomic E-state index is 12.2. The van der Waals surface area contributed by atoms with Gasteiger partial charge >= 0.3 is 5.63 Å². The van der Waals surface area contributed by atoms with Gasteiger partial charge in [0.05, 0.1) is 16.3 Å². The Kier molecular flexibility index (Phi) is 3.54. The number of benzene rings is 1. The molecule has 0 unspecified atom stereocenters. The van der Waals surface area contributed by atoms with E-state index in [1.54, 1.807) is 12.1 Å². The summed E-state index contributed by atoms with van der Waals surface area (Å²) in [5, 5.41) is 0.994. The monoisotopic (exact) mass is 306 g/mol. The van der Waals surface area contributed by atoms with E-state index in [-0.39, 0.29) is 5.89 Å². The van der Waals surface area contributed by atoms with Gasteiger partial charge in [0.15, 0.2) is 4.83 Å². The zero-order chi connectivity index (χ0) is 14.1. The quantitative estimate of drug-likeness (QED) is 0.736. The molecule has 3 rings (SSSR count). The Hall–Kier alpha value is -1.72. The summed E-state index contributed by atoms with van der Waals surface area (Å²) in [5.74, 6) is 0.236. The number of aryl methyl sites for hydroxylation is 1. The summed E-state index contributed by atoms with van der Waals surface area (Å²) >= 11 is 7.32. The van der Waals surface area contributed by atoms with E-state index in [0.29, 0.717) is 20.8 Å². The van der Waals surface area contributed by atoms with Crippen LogP contribution in [0.4, 0.5) is 0 Å². The molecule has 1 aromatic carbocycles. The van der Waals surface area contributed by atoms with Gasteiger partial charge in [-0.15, -0.1) is 0 Å². The molecule has 0 amide bonds. The molecular weight excluding hydrogens is 296 g/mol. The Balaban J connectivity index is 2.21. The van der Waals surface area contributed by atoms with Crippen LogP contribution in [-0.4, -0.2) is 9.36 Å². The first kappa shape index (κ1) is 13.3. The van der Waals surface area contributed by atoms with Crippen LogP contribution in [-0.2, 0) is 6.42 Å². The Bertz CT molecular complexity index is 825. The molecule has 0 aliphatic carbocycles. The van der Waals surface area contributed by atoms with Gasteiger partial charge in [0.2, 0.25) is 5.89 Å². The molecule has 0 bridgehead atoms. The Labute approximate surface area is 124 Å². The molecule has 0 aliphatic rings. The van der Waals surface area contributed by atoms with Gasteiger partial charge in [0.1, 0.15) is 5.39 Å². The van der Waals surface area contributed by atoms with Crippen molar-refractivity contribution in [2.75, 3.05) is 0 Å². The molecule has 0 N–H and O–H groups in total. The zero-order valence-electron chi connectivity index (χ0n) is 10.7. The highest BCUT2D eigenvalue weighted by Gasteiger charge is 2.16. The van der Waals surface area contributed by atoms with E-state index in [9.17, 15) is 4.79 Å². The van der Waals surface area contributed by atoms with Crippen molar-refractivity contribution in [2.45, 2.75) is 19.8 Å². The fourth-order valence-corrected chi connectivity index (χ4v) is 3.02. The minimum Gasteiger partial charge on any atom is -0.403 e. The van der Waals surface area contributed by atoms with Gasteiger partial charge in [0.25, 0.3) is 0 Å². The standard InChI is InChI=1S/C14H11ClN2O2S/c1-2-5-10-11-13(20-17-10)16-12(19-14(11)18)8-6-3-4-7-9(8)15/h3-4,6-7H,2,5H2,1H3. The van der Waals surface area contributed by atoms with Crippen molar-refractivity contribution in [3.8, 4) is 11.5 Å². The van der Waals surface area contributed by atoms with Crippen molar-refractivity contribution in [1.29, 1.82) is 0 Å². The molecule has 2 aromatic heterocycles. The molecule has 20 heavy (non-hydrogen) atoms. The minimum absolute atomic E-state index is 0.236. The van der Waals surface area contributed by atoms with Gasteiger partial charge < -0.3 is 4.42 Å². The first-order valence-corrected chi connectivity index (χ1v) is 7.40. The normalized spacial score (nSPS) is 11.1. The molecule has 0 radical (unpaired) electrons. The summed E-state index contributed by atoms with van der Waals surface area (Å²) in [6.07, 6.45) is 1.67. The lowest BCUT2D eigenvalue weighted by atomic mass is 10.2. The average molecular weight is 307 g/mol. The van der Waals surface area contributed by atoms with Crippen LogP contribution >= 0.6 is 23.1 Å². The molecule has 0 aliphatic heterocycles. The predicted molar refractivity (Wildman–Crippen MR) is 80.4 cm³/mol. The molecule has 6 heteroatoms. The summed E-state index contributed by atoms with van der Waals surface area (Å²) in [7, 11) is 0. The number of hydrogen-bond donors (Lipinski definition) is 0. The van der Waals surface area contributed by atoms with E-state index < -0.39 is 5.63 Å². The van der Waals surface area contributed by atoms with Gasteiger partial charge in [-0.05, 0) is 30.1 Å². The summed E-state index contributed by atoms with van der Waals surface area (Å²) in [6, 6.07) is 7.14. The lowest BCUT2D eigenvalue weighted by Gasteiger charge is -2.01. The van der Waals surface area contributed by atoms with Gasteiger partial charge in [-0.3, -0.25) is 0 Å². The fraction of sp³-hybridized carbons (Fsp3) is 0.214. The summed E-state index contributed by atoms with van der Waals surface area (Å²) in [5.41, 5.74) is 0.972. The van der Waals surface area contributed by atoms with Crippen molar-refractivity contribution in [3.63, 3.8) is 0 Å². The van der Waals surface area contributed by atoms with Crippen LogP contribution in [0, 0.1) is 0 Å². The van der Waals surface area contributed by atoms with E-state index in [1.165, 1.54) is 11.5 Å². The van der Waals surface area contributed by atoms with Crippen LogP contribution in [0.1, 0.15) is 19.0 Å². The molecular formula is C14H11ClN2O2S. The van der Waals surface area contributed by atoms with Crippen LogP contribution in [0.5, 0.6) is 0 Å². The highest BCUT2D eigenvalue weighted by molar-refractivity contribution is 7.12. The fourth-order valence-electron chi connectivity index (χ4n) is 2.01. The molecule has 2 heterocycles. The maximum absolute atomic E-state index is 12.2. The molecule has 0 fully saturated rings. The third-order valence-electron chi connectivity index (χ3n) is 2.93. The smallest absolute Gasteiger partial charge is 0.349 e.